The quantitative estimate of drug-likeness (QED) is 0.557. The summed E-state index contributed by atoms with van der Waals surface area (Å²) in [6.45, 7) is 0. The molecule has 20 heavy (non-hydrogen) atoms. The van der Waals surface area contributed by atoms with Gasteiger partial charge in [0.05, 0.1) is 6.08 Å². The molecule has 100 valence electrons. The lowest BCUT2D eigenvalue weighted by atomic mass is 10.1. The summed E-state index contributed by atoms with van der Waals surface area (Å²) in [6, 6.07) is 20.5. The molecule has 0 aromatic heterocycles. The van der Waals surface area contributed by atoms with Crippen LogP contribution >= 0.6 is 22.6 Å². The highest BCUT2D eigenvalue weighted by Gasteiger charge is 2.30. The van der Waals surface area contributed by atoms with Gasteiger partial charge < -0.3 is 4.74 Å². The molecule has 0 bridgehead atoms. The Balaban J connectivity index is 1.93. The summed E-state index contributed by atoms with van der Waals surface area (Å²) in [6.07, 6.45) is 2.11. The van der Waals surface area contributed by atoms with Crippen LogP contribution in [0.4, 0.5) is 5.69 Å². The molecule has 2 aromatic carbocycles. The molecular weight excluding hydrogens is 361 g/mol. The molecule has 0 radical (unpaired) electrons. The maximum Gasteiger partial charge on any atom is 0.369 e. The van der Waals surface area contributed by atoms with Crippen LogP contribution in [0.3, 0.4) is 0 Å². The minimum absolute atomic E-state index is 0.0120. The monoisotopic (exact) mass is 376 g/mol. The van der Waals surface area contributed by atoms with Crippen molar-refractivity contribution >= 4 is 34.2 Å². The molecule has 1 atom stereocenters. The van der Waals surface area contributed by atoms with Crippen LogP contribution < -0.4 is 0 Å². The summed E-state index contributed by atoms with van der Waals surface area (Å²) in [5.74, 6) is 0.884. The average Bonchev–Trinajstić information content (AvgIpc) is 2.90. The van der Waals surface area contributed by atoms with E-state index in [0.717, 1.165) is 11.6 Å². The lowest BCUT2D eigenvalue weighted by molar-refractivity contribution is -0.415. The molecule has 0 saturated carbocycles. The predicted octanol–water partition coefficient (Wildman–Crippen LogP) is 4.45. The highest BCUT2D eigenvalue weighted by molar-refractivity contribution is 14.1. The van der Waals surface area contributed by atoms with E-state index in [4.69, 9.17) is 4.74 Å². The van der Waals surface area contributed by atoms with E-state index in [1.807, 2.05) is 43.4 Å². The lowest BCUT2D eigenvalue weighted by Crippen LogP contribution is -2.12. The first-order valence-electron chi connectivity index (χ1n) is 6.50. The number of ether oxygens (including phenoxy) is 1. The molecule has 0 aliphatic carbocycles. The van der Waals surface area contributed by atoms with Gasteiger partial charge in [0.15, 0.2) is 6.10 Å². The van der Waals surface area contributed by atoms with Crippen molar-refractivity contribution in [3.8, 4) is 0 Å². The molecule has 0 N–H and O–H groups in total. The number of hydrogen-bond acceptors (Lipinski definition) is 1. The Morgan fingerprint density at radius 3 is 2.20 bits per heavy atom. The largest absolute Gasteiger partial charge is 0.431 e. The molecule has 0 fully saturated rings. The van der Waals surface area contributed by atoms with Crippen LogP contribution in [0.1, 0.15) is 11.7 Å². The zero-order valence-corrected chi connectivity index (χ0v) is 13.3. The van der Waals surface area contributed by atoms with Gasteiger partial charge in [0.2, 0.25) is 5.69 Å². The minimum atomic E-state index is 0.0120. The van der Waals surface area contributed by atoms with Crippen molar-refractivity contribution in [3.05, 3.63) is 75.9 Å². The first-order valence-corrected chi connectivity index (χ1v) is 7.58. The Bertz CT molecular complexity index is 662. The maximum atomic E-state index is 6.12. The molecule has 1 heterocycles. The fourth-order valence-corrected chi connectivity index (χ4v) is 2.97. The fraction of sp³-hybridized carbons (Fsp3) is 0.118. The normalized spacial score (nSPS) is 20.3. The molecule has 2 aromatic rings. The number of benzene rings is 2. The molecule has 2 nitrogen and oxygen atoms in total. The van der Waals surface area contributed by atoms with Crippen LogP contribution in [0.25, 0.3) is 0 Å². The third-order valence-electron chi connectivity index (χ3n) is 3.33. The SMILES string of the molecule is C[N+](=C1C=C(I)C(c2ccccc2)O1)c1ccccc1. The fourth-order valence-electron chi connectivity index (χ4n) is 2.21. The highest BCUT2D eigenvalue weighted by atomic mass is 127. The van der Waals surface area contributed by atoms with Crippen LogP contribution in [0.5, 0.6) is 0 Å². The van der Waals surface area contributed by atoms with Gasteiger partial charge >= 0.3 is 5.90 Å². The smallest absolute Gasteiger partial charge is 0.369 e. The number of para-hydroxylation sites is 1. The first-order chi connectivity index (χ1) is 9.75. The molecule has 0 saturated heterocycles. The van der Waals surface area contributed by atoms with Crippen LogP contribution in [0, 0.1) is 0 Å². The van der Waals surface area contributed by atoms with Gasteiger partial charge in [0.1, 0.15) is 7.05 Å². The lowest BCUT2D eigenvalue weighted by Gasteiger charge is -2.11. The average molecular weight is 376 g/mol. The van der Waals surface area contributed by atoms with Crippen molar-refractivity contribution in [1.29, 1.82) is 0 Å². The van der Waals surface area contributed by atoms with Gasteiger partial charge in [-0.05, 0) is 28.2 Å². The number of halogens is 1. The molecule has 1 unspecified atom stereocenters. The van der Waals surface area contributed by atoms with E-state index in [0.29, 0.717) is 0 Å². The van der Waals surface area contributed by atoms with Crippen molar-refractivity contribution in [2.24, 2.45) is 0 Å². The second kappa shape index (κ2) is 5.79. The first kappa shape index (κ1) is 13.4. The third-order valence-corrected chi connectivity index (χ3v) is 4.20. The molecule has 1 aliphatic heterocycles. The standard InChI is InChI=1S/C17H15INO/c1-19(14-10-6-3-7-11-14)16-12-15(18)17(20-16)13-8-4-2-5-9-13/h2-12,17H,1H3/q+1. The van der Waals surface area contributed by atoms with Gasteiger partial charge in [-0.3, -0.25) is 0 Å². The van der Waals surface area contributed by atoms with Crippen LogP contribution in [0.15, 0.2) is 70.3 Å². The highest BCUT2D eigenvalue weighted by Crippen LogP contribution is 2.35. The van der Waals surface area contributed by atoms with Gasteiger partial charge in [-0.15, -0.1) is 0 Å². The molecule has 0 spiro atoms. The summed E-state index contributed by atoms with van der Waals surface area (Å²) < 4.78 is 9.39. The van der Waals surface area contributed by atoms with E-state index in [9.17, 15) is 0 Å². The number of hydrogen-bond donors (Lipinski definition) is 0. The summed E-state index contributed by atoms with van der Waals surface area (Å²) in [7, 11) is 2.03. The topological polar surface area (TPSA) is 12.2 Å². The van der Waals surface area contributed by atoms with E-state index >= 15 is 0 Å². The predicted molar refractivity (Wildman–Crippen MR) is 89.7 cm³/mol. The van der Waals surface area contributed by atoms with E-state index < -0.39 is 0 Å². The molecular formula is C17H15INO+. The third kappa shape index (κ3) is 2.63. The Hall–Kier alpha value is -1.62. The Kier molecular flexibility index (Phi) is 3.87. The van der Waals surface area contributed by atoms with E-state index in [1.165, 1.54) is 9.14 Å². The second-order valence-corrected chi connectivity index (χ2v) is 5.92. The molecule has 0 amide bonds. The van der Waals surface area contributed by atoms with Crippen molar-refractivity contribution in [2.75, 3.05) is 7.05 Å². The summed E-state index contributed by atoms with van der Waals surface area (Å²) in [5, 5.41) is 0. The second-order valence-electron chi connectivity index (χ2n) is 4.67. The summed E-state index contributed by atoms with van der Waals surface area (Å²) >= 11 is 2.35. The summed E-state index contributed by atoms with van der Waals surface area (Å²) in [5.41, 5.74) is 2.31. The zero-order valence-electron chi connectivity index (χ0n) is 11.2. The molecule has 3 heteroatoms. The van der Waals surface area contributed by atoms with Gasteiger partial charge in [-0.25, -0.2) is 0 Å². The Morgan fingerprint density at radius 2 is 1.55 bits per heavy atom. The van der Waals surface area contributed by atoms with E-state index in [2.05, 4.69) is 57.5 Å². The van der Waals surface area contributed by atoms with Gasteiger partial charge in [0.25, 0.3) is 0 Å². The number of nitrogens with zero attached hydrogens (tertiary/aromatic N) is 1. The maximum absolute atomic E-state index is 6.12. The van der Waals surface area contributed by atoms with Crippen LogP contribution in [0.2, 0.25) is 0 Å². The molecule has 1 aliphatic rings. The van der Waals surface area contributed by atoms with E-state index in [-0.39, 0.29) is 6.10 Å². The van der Waals surface area contributed by atoms with Crippen LogP contribution in [-0.2, 0) is 4.74 Å². The van der Waals surface area contributed by atoms with Crippen LogP contribution in [-0.4, -0.2) is 17.5 Å². The van der Waals surface area contributed by atoms with Crippen molar-refractivity contribution in [3.63, 3.8) is 0 Å². The van der Waals surface area contributed by atoms with Crippen molar-refractivity contribution in [2.45, 2.75) is 6.10 Å². The van der Waals surface area contributed by atoms with Gasteiger partial charge in [0, 0.05) is 15.7 Å². The van der Waals surface area contributed by atoms with Gasteiger partial charge in [-0.1, -0.05) is 48.5 Å². The zero-order chi connectivity index (χ0) is 13.9. The number of rotatable bonds is 2. The Morgan fingerprint density at radius 1 is 0.950 bits per heavy atom. The van der Waals surface area contributed by atoms with Crippen molar-refractivity contribution in [1.82, 2.24) is 0 Å². The summed E-state index contributed by atoms with van der Waals surface area (Å²) in [4.78, 5) is 0. The van der Waals surface area contributed by atoms with E-state index in [1.54, 1.807) is 0 Å². The van der Waals surface area contributed by atoms with Gasteiger partial charge in [-0.2, -0.15) is 4.58 Å². The molecule has 3 rings (SSSR count). The van der Waals surface area contributed by atoms with Crippen molar-refractivity contribution < 1.29 is 9.31 Å². The minimum Gasteiger partial charge on any atom is -0.431 e. The Labute approximate surface area is 132 Å².